The Morgan fingerprint density at radius 1 is 1.06 bits per heavy atom. The van der Waals surface area contributed by atoms with Gasteiger partial charge < -0.3 is 4.74 Å². The zero-order valence-corrected chi connectivity index (χ0v) is 19.9. The Labute approximate surface area is 194 Å². The number of fused-ring (bicyclic) bond motifs is 1. The second kappa shape index (κ2) is 10.1. The summed E-state index contributed by atoms with van der Waals surface area (Å²) in [5, 5.41) is 16.6. The van der Waals surface area contributed by atoms with Crippen molar-refractivity contribution < 1.29 is 4.74 Å². The highest BCUT2D eigenvalue weighted by molar-refractivity contribution is 9.10. The molecule has 4 aromatic rings. The topological polar surface area (TPSA) is 52.3 Å². The van der Waals surface area contributed by atoms with Crippen LogP contribution in [0.2, 0.25) is 0 Å². The van der Waals surface area contributed by atoms with E-state index in [-0.39, 0.29) is 0 Å². The van der Waals surface area contributed by atoms with Gasteiger partial charge in [-0.3, -0.25) is 0 Å². The minimum atomic E-state index is 0.779. The highest BCUT2D eigenvalue weighted by Crippen LogP contribution is 2.27. The standard InChI is InChI=1S/C24H23BrN4OS/c1-3-6-23-27-28-24(31-16-17-9-12-19(25)13-10-17)29(23)26-15-21-20-8-5-4-7-18(20)11-14-22(21)30-2/h4-5,7-15H,3,6,16H2,1-2H3/b26-15+. The minimum Gasteiger partial charge on any atom is -0.496 e. The molecule has 0 atom stereocenters. The molecule has 0 aliphatic carbocycles. The van der Waals surface area contributed by atoms with Crippen molar-refractivity contribution in [3.05, 3.63) is 82.1 Å². The van der Waals surface area contributed by atoms with Crippen LogP contribution < -0.4 is 4.74 Å². The van der Waals surface area contributed by atoms with Gasteiger partial charge in [0.05, 0.1) is 13.3 Å². The smallest absolute Gasteiger partial charge is 0.212 e. The Balaban J connectivity index is 1.67. The summed E-state index contributed by atoms with van der Waals surface area (Å²) in [7, 11) is 1.68. The molecule has 0 aliphatic rings. The molecule has 0 saturated carbocycles. The third-order valence-electron chi connectivity index (χ3n) is 4.88. The van der Waals surface area contributed by atoms with Crippen molar-refractivity contribution in [1.82, 2.24) is 14.9 Å². The van der Waals surface area contributed by atoms with E-state index in [1.54, 1.807) is 18.9 Å². The maximum atomic E-state index is 5.61. The zero-order valence-electron chi connectivity index (χ0n) is 17.5. The summed E-state index contributed by atoms with van der Waals surface area (Å²) in [5.74, 6) is 2.44. The van der Waals surface area contributed by atoms with E-state index >= 15 is 0 Å². The summed E-state index contributed by atoms with van der Waals surface area (Å²) in [6, 6.07) is 20.6. The van der Waals surface area contributed by atoms with E-state index in [1.165, 1.54) is 5.56 Å². The maximum Gasteiger partial charge on any atom is 0.212 e. The van der Waals surface area contributed by atoms with Gasteiger partial charge in [-0.2, -0.15) is 9.78 Å². The summed E-state index contributed by atoms with van der Waals surface area (Å²) in [5.41, 5.74) is 2.17. The van der Waals surface area contributed by atoms with Gasteiger partial charge in [-0.25, -0.2) is 0 Å². The molecule has 0 fully saturated rings. The van der Waals surface area contributed by atoms with Gasteiger partial charge >= 0.3 is 0 Å². The molecule has 0 aliphatic heterocycles. The molecular formula is C24H23BrN4OS. The number of nitrogens with zero attached hydrogens (tertiary/aromatic N) is 4. The first-order chi connectivity index (χ1) is 15.2. The van der Waals surface area contributed by atoms with E-state index in [0.717, 1.165) is 56.1 Å². The number of aromatic nitrogens is 3. The fourth-order valence-corrected chi connectivity index (χ4v) is 4.44. The lowest BCUT2D eigenvalue weighted by atomic mass is 10.0. The number of ether oxygens (including phenoxy) is 1. The molecule has 5 nitrogen and oxygen atoms in total. The van der Waals surface area contributed by atoms with Crippen molar-refractivity contribution in [3.8, 4) is 5.75 Å². The molecule has 3 aromatic carbocycles. The van der Waals surface area contributed by atoms with Crippen molar-refractivity contribution in [3.63, 3.8) is 0 Å². The lowest BCUT2D eigenvalue weighted by molar-refractivity contribution is 0.415. The van der Waals surface area contributed by atoms with Crippen LogP contribution in [0.15, 0.2) is 75.4 Å². The number of thioether (sulfide) groups is 1. The number of hydrogen-bond donors (Lipinski definition) is 0. The van der Waals surface area contributed by atoms with E-state index in [2.05, 4.69) is 63.4 Å². The highest BCUT2D eigenvalue weighted by atomic mass is 79.9. The van der Waals surface area contributed by atoms with Crippen LogP contribution in [0.1, 0.15) is 30.3 Å². The van der Waals surface area contributed by atoms with Crippen molar-refractivity contribution in [2.24, 2.45) is 5.10 Å². The Bertz CT molecular complexity index is 1200. The molecule has 0 bridgehead atoms. The van der Waals surface area contributed by atoms with E-state index in [1.807, 2.05) is 41.2 Å². The highest BCUT2D eigenvalue weighted by Gasteiger charge is 2.13. The first-order valence-electron chi connectivity index (χ1n) is 10.1. The molecule has 0 amide bonds. The molecule has 0 N–H and O–H groups in total. The average Bonchev–Trinajstić information content (AvgIpc) is 3.18. The molecule has 4 rings (SSSR count). The Morgan fingerprint density at radius 2 is 1.87 bits per heavy atom. The number of rotatable bonds is 8. The fourth-order valence-electron chi connectivity index (χ4n) is 3.31. The van der Waals surface area contributed by atoms with Gasteiger partial charge in [-0.15, -0.1) is 10.2 Å². The predicted molar refractivity (Wildman–Crippen MR) is 131 cm³/mol. The SMILES string of the molecule is CCCc1nnc(SCc2ccc(Br)cc2)n1/N=C/c1c(OC)ccc2ccccc12. The molecule has 0 unspecified atom stereocenters. The van der Waals surface area contributed by atoms with E-state index in [4.69, 9.17) is 9.84 Å². The van der Waals surface area contributed by atoms with Gasteiger partial charge in [0.15, 0.2) is 5.82 Å². The van der Waals surface area contributed by atoms with Gasteiger partial charge in [0.25, 0.3) is 0 Å². The van der Waals surface area contributed by atoms with E-state index < -0.39 is 0 Å². The average molecular weight is 495 g/mol. The first kappa shape index (κ1) is 21.6. The molecule has 7 heteroatoms. The first-order valence-corrected chi connectivity index (χ1v) is 11.9. The molecule has 1 aromatic heterocycles. The van der Waals surface area contributed by atoms with Gasteiger partial charge in [0, 0.05) is 22.2 Å². The lowest BCUT2D eigenvalue weighted by Crippen LogP contribution is -2.01. The molecule has 158 valence electrons. The van der Waals surface area contributed by atoms with Gasteiger partial charge in [0.2, 0.25) is 5.16 Å². The van der Waals surface area contributed by atoms with Gasteiger partial charge in [0.1, 0.15) is 5.75 Å². The molecule has 0 spiro atoms. The number of methoxy groups -OCH3 is 1. The lowest BCUT2D eigenvalue weighted by Gasteiger charge is -2.09. The number of hydrogen-bond acceptors (Lipinski definition) is 5. The van der Waals surface area contributed by atoms with Crippen molar-refractivity contribution in [1.29, 1.82) is 0 Å². The summed E-state index contributed by atoms with van der Waals surface area (Å²) >= 11 is 5.11. The Morgan fingerprint density at radius 3 is 2.65 bits per heavy atom. The second-order valence-corrected chi connectivity index (χ2v) is 8.88. The molecule has 1 heterocycles. The van der Waals surface area contributed by atoms with Crippen molar-refractivity contribution in [2.75, 3.05) is 7.11 Å². The molecular weight excluding hydrogens is 472 g/mol. The van der Waals surface area contributed by atoms with Gasteiger partial charge in [-0.1, -0.05) is 77.1 Å². The number of aryl methyl sites for hydroxylation is 1. The van der Waals surface area contributed by atoms with Crippen LogP contribution in [0.3, 0.4) is 0 Å². The molecule has 0 radical (unpaired) electrons. The zero-order chi connectivity index (χ0) is 21.6. The second-order valence-electron chi connectivity index (χ2n) is 7.02. The van der Waals surface area contributed by atoms with Crippen LogP contribution in [0.4, 0.5) is 0 Å². The van der Waals surface area contributed by atoms with E-state index in [9.17, 15) is 0 Å². The minimum absolute atomic E-state index is 0.779. The van der Waals surface area contributed by atoms with Crippen LogP contribution in [-0.4, -0.2) is 28.2 Å². The summed E-state index contributed by atoms with van der Waals surface area (Å²) in [6.07, 6.45) is 3.64. The van der Waals surface area contributed by atoms with E-state index in [0.29, 0.717) is 0 Å². The predicted octanol–water partition coefficient (Wildman–Crippen LogP) is 6.33. The maximum absolute atomic E-state index is 5.61. The van der Waals surface area contributed by atoms with Crippen molar-refractivity contribution >= 4 is 44.7 Å². The van der Waals surface area contributed by atoms with Crippen LogP contribution in [0.25, 0.3) is 10.8 Å². The van der Waals surface area contributed by atoms with Gasteiger partial charge in [-0.05, 0) is 41.0 Å². The number of halogens is 1. The number of benzene rings is 3. The van der Waals surface area contributed by atoms with Crippen LogP contribution in [-0.2, 0) is 12.2 Å². The molecule has 0 saturated heterocycles. The van der Waals surface area contributed by atoms with Crippen LogP contribution in [0, 0.1) is 0 Å². The Kier molecular flexibility index (Phi) is 7.04. The summed E-state index contributed by atoms with van der Waals surface area (Å²) in [6.45, 7) is 2.13. The normalized spacial score (nSPS) is 11.5. The quantitative estimate of drug-likeness (QED) is 0.212. The largest absolute Gasteiger partial charge is 0.496 e. The fraction of sp³-hybridized carbons (Fsp3) is 0.208. The van der Waals surface area contributed by atoms with Crippen LogP contribution in [0.5, 0.6) is 5.75 Å². The van der Waals surface area contributed by atoms with Crippen LogP contribution >= 0.6 is 27.7 Å². The Hall–Kier alpha value is -2.64. The molecule has 31 heavy (non-hydrogen) atoms. The van der Waals surface area contributed by atoms with Crippen molar-refractivity contribution in [2.45, 2.75) is 30.7 Å². The monoisotopic (exact) mass is 494 g/mol. The summed E-state index contributed by atoms with van der Waals surface area (Å²) in [4.78, 5) is 0. The third kappa shape index (κ3) is 4.99. The third-order valence-corrected chi connectivity index (χ3v) is 6.40. The summed E-state index contributed by atoms with van der Waals surface area (Å²) < 4.78 is 8.53.